The van der Waals surface area contributed by atoms with Gasteiger partial charge in [-0.3, -0.25) is 0 Å². The van der Waals surface area contributed by atoms with Crippen LogP contribution in [0, 0.1) is 0 Å². The van der Waals surface area contributed by atoms with E-state index in [1.165, 1.54) is 18.2 Å². The van der Waals surface area contributed by atoms with Crippen LogP contribution in [-0.4, -0.2) is 8.42 Å². The minimum atomic E-state index is -4.41. The number of hydrogen-bond acceptors (Lipinski definition) is 3. The van der Waals surface area contributed by atoms with Gasteiger partial charge < -0.3 is 5.73 Å². The van der Waals surface area contributed by atoms with Crippen LogP contribution >= 0.6 is 0 Å². The molecule has 0 saturated carbocycles. The molecule has 0 radical (unpaired) electrons. The molecule has 0 aromatic heterocycles. The molecule has 0 atom stereocenters. The molecule has 0 saturated heterocycles. The fourth-order valence-electron chi connectivity index (χ4n) is 1.51. The molecule has 0 bridgehead atoms. The summed E-state index contributed by atoms with van der Waals surface area (Å²) in [4.78, 5) is 0. The lowest BCUT2D eigenvalue weighted by molar-refractivity contribution is -0.137. The van der Waals surface area contributed by atoms with Crippen LogP contribution in [0.15, 0.2) is 40.8 Å². The van der Waals surface area contributed by atoms with Crippen LogP contribution in [0.5, 0.6) is 0 Å². The molecule has 1 heterocycles. The topological polar surface area (TPSA) is 60.2 Å². The Morgan fingerprint density at radius 3 is 2.00 bits per heavy atom. The SMILES string of the molecule is NC1=CC(c2ccc(C(F)(F)F)cc2)=CS1(=O)=O. The molecular weight excluding hydrogens is 267 g/mol. The Morgan fingerprint density at radius 1 is 1.06 bits per heavy atom. The Balaban J connectivity index is 2.39. The Bertz CT molecular complexity index is 640. The molecule has 1 aliphatic rings. The molecule has 2 N–H and O–H groups in total. The highest BCUT2D eigenvalue weighted by Crippen LogP contribution is 2.32. The zero-order chi connectivity index (χ0) is 13.6. The highest BCUT2D eigenvalue weighted by molar-refractivity contribution is 7.98. The third-order valence-corrected chi connectivity index (χ3v) is 3.79. The van der Waals surface area contributed by atoms with E-state index in [1.54, 1.807) is 0 Å². The summed E-state index contributed by atoms with van der Waals surface area (Å²) in [6.45, 7) is 0. The molecule has 3 nitrogen and oxygen atoms in total. The van der Waals surface area contributed by atoms with Crippen LogP contribution in [0.4, 0.5) is 13.2 Å². The molecule has 2 rings (SSSR count). The number of sulfone groups is 1. The van der Waals surface area contributed by atoms with Crippen molar-refractivity contribution in [3.63, 3.8) is 0 Å². The second kappa shape index (κ2) is 3.88. The minimum Gasteiger partial charge on any atom is -0.389 e. The summed E-state index contributed by atoms with van der Waals surface area (Å²) in [5, 5.41) is 0.627. The quantitative estimate of drug-likeness (QED) is 0.855. The lowest BCUT2D eigenvalue weighted by atomic mass is 10.1. The average Bonchev–Trinajstić information content (AvgIpc) is 2.53. The minimum absolute atomic E-state index is 0.279. The highest BCUT2D eigenvalue weighted by Gasteiger charge is 2.30. The Hall–Kier alpha value is -1.76. The number of hydrogen-bond donors (Lipinski definition) is 1. The lowest BCUT2D eigenvalue weighted by Crippen LogP contribution is -2.04. The zero-order valence-electron chi connectivity index (χ0n) is 8.90. The standard InChI is InChI=1S/C11H8F3NO2S/c12-11(13,14)9-3-1-7(2-4-9)8-5-10(15)18(16,17)6-8/h1-6H,15H2. The summed E-state index contributed by atoms with van der Waals surface area (Å²) < 4.78 is 59.7. The van der Waals surface area contributed by atoms with E-state index in [0.29, 0.717) is 5.56 Å². The maximum atomic E-state index is 12.3. The van der Waals surface area contributed by atoms with Crippen LogP contribution in [0.3, 0.4) is 0 Å². The summed E-state index contributed by atoms with van der Waals surface area (Å²) in [6.07, 6.45) is -3.19. The normalized spacial score (nSPS) is 18.4. The van der Waals surface area contributed by atoms with Crippen molar-refractivity contribution in [3.8, 4) is 0 Å². The molecular formula is C11H8F3NO2S. The number of halogens is 3. The largest absolute Gasteiger partial charge is 0.416 e. The number of benzene rings is 1. The van der Waals surface area contributed by atoms with Gasteiger partial charge in [0.1, 0.15) is 5.03 Å². The van der Waals surface area contributed by atoms with Crippen molar-refractivity contribution in [2.45, 2.75) is 6.18 Å². The molecule has 96 valence electrons. The van der Waals surface area contributed by atoms with Gasteiger partial charge >= 0.3 is 6.18 Å². The lowest BCUT2D eigenvalue weighted by Gasteiger charge is -2.07. The maximum Gasteiger partial charge on any atom is 0.416 e. The molecule has 0 fully saturated rings. The first-order chi connectivity index (χ1) is 8.20. The van der Waals surface area contributed by atoms with Gasteiger partial charge in [-0.25, -0.2) is 8.42 Å². The van der Waals surface area contributed by atoms with Gasteiger partial charge in [0.25, 0.3) is 0 Å². The van der Waals surface area contributed by atoms with Crippen LogP contribution < -0.4 is 5.73 Å². The smallest absolute Gasteiger partial charge is 0.389 e. The fraction of sp³-hybridized carbons (Fsp3) is 0.0909. The van der Waals surface area contributed by atoms with Crippen molar-refractivity contribution in [2.24, 2.45) is 5.73 Å². The molecule has 18 heavy (non-hydrogen) atoms. The van der Waals surface area contributed by atoms with Crippen molar-refractivity contribution in [3.05, 3.63) is 51.9 Å². The third kappa shape index (κ3) is 2.26. The van der Waals surface area contributed by atoms with Gasteiger partial charge in [-0.15, -0.1) is 0 Å². The van der Waals surface area contributed by atoms with Crippen LogP contribution in [-0.2, 0) is 16.0 Å². The van der Waals surface area contributed by atoms with Crippen molar-refractivity contribution < 1.29 is 21.6 Å². The van der Waals surface area contributed by atoms with Gasteiger partial charge in [0.15, 0.2) is 0 Å². The van der Waals surface area contributed by atoms with E-state index in [1.807, 2.05) is 0 Å². The molecule has 0 amide bonds. The van der Waals surface area contributed by atoms with Gasteiger partial charge in [-0.1, -0.05) is 12.1 Å². The Labute approximate surface area is 101 Å². The number of nitrogens with two attached hydrogens (primary N) is 1. The first-order valence-corrected chi connectivity index (χ1v) is 6.36. The molecule has 0 aliphatic carbocycles. The average molecular weight is 275 g/mol. The van der Waals surface area contributed by atoms with Gasteiger partial charge in [-0.05, 0) is 29.3 Å². The molecule has 1 aromatic rings. The van der Waals surface area contributed by atoms with Crippen molar-refractivity contribution in [2.75, 3.05) is 0 Å². The monoisotopic (exact) mass is 275 g/mol. The van der Waals surface area contributed by atoms with Gasteiger partial charge in [0.2, 0.25) is 9.84 Å². The fourth-order valence-corrected chi connectivity index (χ4v) is 2.47. The van der Waals surface area contributed by atoms with E-state index in [-0.39, 0.29) is 10.6 Å². The second-order valence-electron chi connectivity index (χ2n) is 3.74. The summed E-state index contributed by atoms with van der Waals surface area (Å²) >= 11 is 0. The number of alkyl halides is 3. The van der Waals surface area contributed by atoms with E-state index in [2.05, 4.69) is 0 Å². The van der Waals surface area contributed by atoms with Gasteiger partial charge in [0.05, 0.1) is 5.56 Å². The predicted octanol–water partition coefficient (Wildman–Crippen LogP) is 2.27. The summed E-state index contributed by atoms with van der Waals surface area (Å²) in [7, 11) is -3.61. The molecule has 1 aliphatic heterocycles. The van der Waals surface area contributed by atoms with E-state index in [4.69, 9.17) is 5.73 Å². The Kier molecular flexibility index (Phi) is 2.73. The van der Waals surface area contributed by atoms with Crippen molar-refractivity contribution >= 4 is 15.4 Å². The van der Waals surface area contributed by atoms with Crippen LogP contribution in [0.1, 0.15) is 11.1 Å². The molecule has 0 spiro atoms. The zero-order valence-corrected chi connectivity index (χ0v) is 9.72. The van der Waals surface area contributed by atoms with Crippen molar-refractivity contribution in [1.82, 2.24) is 0 Å². The van der Waals surface area contributed by atoms with E-state index in [9.17, 15) is 21.6 Å². The van der Waals surface area contributed by atoms with E-state index < -0.39 is 21.6 Å². The van der Waals surface area contributed by atoms with Gasteiger partial charge in [-0.2, -0.15) is 13.2 Å². The van der Waals surface area contributed by atoms with E-state index >= 15 is 0 Å². The van der Waals surface area contributed by atoms with Crippen molar-refractivity contribution in [1.29, 1.82) is 0 Å². The third-order valence-electron chi connectivity index (χ3n) is 2.45. The number of allylic oxidation sites excluding steroid dienone is 2. The summed E-state index contributed by atoms with van der Waals surface area (Å²) in [5.41, 5.74) is 5.14. The maximum absolute atomic E-state index is 12.3. The first kappa shape index (κ1) is 12.7. The molecule has 0 unspecified atom stereocenters. The summed E-state index contributed by atoms with van der Waals surface area (Å²) in [5.74, 6) is 0. The van der Waals surface area contributed by atoms with Crippen LogP contribution in [0.25, 0.3) is 5.57 Å². The van der Waals surface area contributed by atoms with Crippen LogP contribution in [0.2, 0.25) is 0 Å². The summed E-state index contributed by atoms with van der Waals surface area (Å²) in [6, 6.07) is 4.20. The number of rotatable bonds is 1. The molecule has 1 aromatic carbocycles. The predicted molar refractivity (Wildman–Crippen MR) is 60.6 cm³/mol. The highest BCUT2D eigenvalue weighted by atomic mass is 32.2. The Morgan fingerprint density at radius 2 is 1.61 bits per heavy atom. The van der Waals surface area contributed by atoms with E-state index in [0.717, 1.165) is 17.5 Å². The first-order valence-electron chi connectivity index (χ1n) is 4.82. The van der Waals surface area contributed by atoms with Gasteiger partial charge in [0, 0.05) is 5.41 Å². The second-order valence-corrected chi connectivity index (χ2v) is 5.54. The molecule has 7 heteroatoms.